The predicted molar refractivity (Wildman–Crippen MR) is 107 cm³/mol. The van der Waals surface area contributed by atoms with E-state index >= 15 is 0 Å². The zero-order valence-electron chi connectivity index (χ0n) is 13.9. The Morgan fingerprint density at radius 2 is 2.08 bits per heavy atom. The van der Waals surface area contributed by atoms with Gasteiger partial charge in [-0.25, -0.2) is 9.78 Å². The fourth-order valence-electron chi connectivity index (χ4n) is 2.74. The van der Waals surface area contributed by atoms with E-state index in [-0.39, 0.29) is 12.2 Å². The van der Waals surface area contributed by atoms with Gasteiger partial charge in [-0.3, -0.25) is 4.90 Å². The number of amides is 2. The molecular formula is C18H16ClN5OS. The third-order valence-electron chi connectivity index (χ3n) is 4.12. The number of carbonyl (C=O) groups is 1. The van der Waals surface area contributed by atoms with Gasteiger partial charge < -0.3 is 16.0 Å². The Morgan fingerprint density at radius 3 is 2.85 bits per heavy atom. The van der Waals surface area contributed by atoms with Crippen molar-refractivity contribution < 1.29 is 4.79 Å². The summed E-state index contributed by atoms with van der Waals surface area (Å²) < 4.78 is 0. The lowest BCUT2D eigenvalue weighted by Gasteiger charge is -2.18. The van der Waals surface area contributed by atoms with E-state index in [0.717, 1.165) is 22.8 Å². The smallest absolute Gasteiger partial charge is 0.326 e. The normalized spacial score (nSPS) is 14.9. The van der Waals surface area contributed by atoms with Gasteiger partial charge in [0.15, 0.2) is 0 Å². The van der Waals surface area contributed by atoms with Gasteiger partial charge in [-0.1, -0.05) is 17.7 Å². The maximum atomic E-state index is 12.5. The predicted octanol–water partition coefficient (Wildman–Crippen LogP) is 5.00. The second kappa shape index (κ2) is 6.86. The molecule has 0 saturated carbocycles. The molecule has 2 amide bonds. The molecule has 2 aromatic carbocycles. The van der Waals surface area contributed by atoms with Crippen molar-refractivity contribution in [3.63, 3.8) is 0 Å². The minimum absolute atomic E-state index is 0.0589. The molecule has 1 unspecified atom stereocenters. The molecule has 0 aliphatic carbocycles. The monoisotopic (exact) mass is 385 g/mol. The van der Waals surface area contributed by atoms with Crippen molar-refractivity contribution in [3.8, 4) is 0 Å². The van der Waals surface area contributed by atoms with Crippen molar-refractivity contribution >= 4 is 51.7 Å². The maximum absolute atomic E-state index is 12.5. The van der Waals surface area contributed by atoms with Gasteiger partial charge in [-0.2, -0.15) is 0 Å². The van der Waals surface area contributed by atoms with E-state index in [0.29, 0.717) is 10.7 Å². The molecule has 1 atom stereocenters. The molecule has 0 radical (unpaired) electrons. The number of hydrogen-bond donors (Lipinski definition) is 3. The van der Waals surface area contributed by atoms with Crippen LogP contribution in [0.15, 0.2) is 53.4 Å². The molecule has 0 fully saturated rings. The van der Waals surface area contributed by atoms with Crippen LogP contribution in [0.1, 0.15) is 11.9 Å². The molecule has 0 bridgehead atoms. The van der Waals surface area contributed by atoms with Crippen molar-refractivity contribution in [1.82, 2.24) is 4.98 Å². The van der Waals surface area contributed by atoms with Gasteiger partial charge in [-0.15, -0.1) is 11.3 Å². The van der Waals surface area contributed by atoms with Crippen LogP contribution in [0, 0.1) is 0 Å². The van der Waals surface area contributed by atoms with Crippen LogP contribution in [0.2, 0.25) is 5.02 Å². The Bertz CT molecular complexity index is 947. The number of anilines is 4. The number of thiazole rings is 1. The summed E-state index contributed by atoms with van der Waals surface area (Å²) in [6.45, 7) is 0. The number of aromatic nitrogens is 1. The number of nitrogens with zero attached hydrogens (tertiary/aromatic N) is 2. The van der Waals surface area contributed by atoms with Gasteiger partial charge in [-0.05, 0) is 36.4 Å². The topological polar surface area (TPSA) is 69.3 Å². The first kappa shape index (κ1) is 16.7. The lowest BCUT2D eigenvalue weighted by atomic mass is 10.2. The summed E-state index contributed by atoms with van der Waals surface area (Å²) in [5.41, 5.74) is 6.07. The van der Waals surface area contributed by atoms with E-state index in [9.17, 15) is 4.79 Å². The molecular weight excluding hydrogens is 370 g/mol. The van der Waals surface area contributed by atoms with Crippen molar-refractivity contribution in [1.29, 1.82) is 0 Å². The van der Waals surface area contributed by atoms with E-state index in [1.165, 1.54) is 4.90 Å². The minimum Gasteiger partial charge on any atom is -0.359 e. The van der Waals surface area contributed by atoms with Gasteiger partial charge >= 0.3 is 6.03 Å². The molecule has 3 N–H and O–H groups in total. The average molecular weight is 386 g/mol. The standard InChI is InChI=1S/C18H16ClN5OS/c1-24(13-4-2-3-11(19)7-13)18(25)21-12-5-6-14-15(8-12)23-17(22-14)16-9-26-10-20-16/h2-10,17,22-23H,1H3,(H,21,25). The molecule has 26 heavy (non-hydrogen) atoms. The lowest BCUT2D eigenvalue weighted by Crippen LogP contribution is -2.31. The number of urea groups is 1. The number of nitrogens with one attached hydrogen (secondary N) is 3. The van der Waals surface area contributed by atoms with Gasteiger partial charge in [0.2, 0.25) is 0 Å². The van der Waals surface area contributed by atoms with Crippen molar-refractivity contribution in [2.75, 3.05) is 27.9 Å². The van der Waals surface area contributed by atoms with E-state index in [1.54, 1.807) is 36.0 Å². The molecule has 0 saturated heterocycles. The Hall–Kier alpha value is -2.77. The summed E-state index contributed by atoms with van der Waals surface area (Å²) in [6, 6.07) is 12.6. The van der Waals surface area contributed by atoms with Crippen LogP contribution < -0.4 is 20.9 Å². The van der Waals surface area contributed by atoms with Crippen LogP contribution >= 0.6 is 22.9 Å². The van der Waals surface area contributed by atoms with Crippen molar-refractivity contribution in [2.45, 2.75) is 6.17 Å². The lowest BCUT2D eigenvalue weighted by molar-refractivity contribution is 0.258. The number of hydrogen-bond acceptors (Lipinski definition) is 5. The summed E-state index contributed by atoms with van der Waals surface area (Å²) in [5, 5.41) is 12.2. The first-order valence-electron chi connectivity index (χ1n) is 7.95. The molecule has 8 heteroatoms. The largest absolute Gasteiger partial charge is 0.359 e. The molecule has 2 heterocycles. The van der Waals surface area contributed by atoms with Crippen LogP contribution in [0.5, 0.6) is 0 Å². The van der Waals surface area contributed by atoms with Gasteiger partial charge in [0.1, 0.15) is 6.17 Å². The highest BCUT2D eigenvalue weighted by Gasteiger charge is 2.23. The molecule has 1 aromatic heterocycles. The Kier molecular flexibility index (Phi) is 4.40. The van der Waals surface area contributed by atoms with E-state index < -0.39 is 0 Å². The third-order valence-corrected chi connectivity index (χ3v) is 4.96. The second-order valence-corrected chi connectivity index (χ2v) is 7.02. The van der Waals surface area contributed by atoms with E-state index in [1.807, 2.05) is 35.7 Å². The zero-order valence-corrected chi connectivity index (χ0v) is 15.4. The molecule has 132 valence electrons. The summed E-state index contributed by atoms with van der Waals surface area (Å²) in [4.78, 5) is 18.3. The van der Waals surface area contributed by atoms with Gasteiger partial charge in [0.25, 0.3) is 0 Å². The SMILES string of the molecule is CN(C(=O)Nc1ccc2c(c1)NC(c1cscn1)N2)c1cccc(Cl)c1. The number of carbonyl (C=O) groups excluding carboxylic acids is 1. The summed E-state index contributed by atoms with van der Waals surface area (Å²) >= 11 is 7.55. The van der Waals surface area contributed by atoms with Crippen LogP contribution in [0.4, 0.5) is 27.5 Å². The molecule has 1 aliphatic rings. The van der Waals surface area contributed by atoms with E-state index in [2.05, 4.69) is 20.9 Å². The number of rotatable bonds is 3. The zero-order chi connectivity index (χ0) is 18.1. The Labute approximate surface area is 159 Å². The minimum atomic E-state index is -0.241. The molecule has 3 aromatic rings. The van der Waals surface area contributed by atoms with Crippen LogP contribution in [0.25, 0.3) is 0 Å². The fraction of sp³-hybridized carbons (Fsp3) is 0.111. The highest BCUT2D eigenvalue weighted by Crippen LogP contribution is 2.36. The fourth-order valence-corrected chi connectivity index (χ4v) is 3.50. The molecule has 6 nitrogen and oxygen atoms in total. The second-order valence-electron chi connectivity index (χ2n) is 5.86. The highest BCUT2D eigenvalue weighted by atomic mass is 35.5. The number of benzene rings is 2. The van der Waals surface area contributed by atoms with Gasteiger partial charge in [0.05, 0.1) is 22.6 Å². The van der Waals surface area contributed by atoms with E-state index in [4.69, 9.17) is 11.6 Å². The van der Waals surface area contributed by atoms with Crippen LogP contribution in [-0.2, 0) is 0 Å². The quantitative estimate of drug-likeness (QED) is 0.593. The van der Waals surface area contributed by atoms with Crippen LogP contribution in [0.3, 0.4) is 0 Å². The highest BCUT2D eigenvalue weighted by molar-refractivity contribution is 7.07. The molecule has 4 rings (SSSR count). The Morgan fingerprint density at radius 1 is 1.23 bits per heavy atom. The number of fused-ring (bicyclic) bond motifs is 1. The van der Waals surface area contributed by atoms with Crippen molar-refractivity contribution in [2.24, 2.45) is 0 Å². The Balaban J connectivity index is 1.47. The van der Waals surface area contributed by atoms with Crippen LogP contribution in [-0.4, -0.2) is 18.1 Å². The summed E-state index contributed by atoms with van der Waals surface area (Å²) in [7, 11) is 1.70. The average Bonchev–Trinajstić information content (AvgIpc) is 3.30. The summed E-state index contributed by atoms with van der Waals surface area (Å²) in [5.74, 6) is 0. The summed E-state index contributed by atoms with van der Waals surface area (Å²) in [6.07, 6.45) is -0.0589. The molecule has 0 spiro atoms. The third kappa shape index (κ3) is 3.31. The first-order valence-corrected chi connectivity index (χ1v) is 9.28. The maximum Gasteiger partial charge on any atom is 0.326 e. The van der Waals surface area contributed by atoms with Gasteiger partial charge in [0, 0.05) is 28.8 Å². The number of halogens is 1. The first-order chi connectivity index (χ1) is 12.6. The van der Waals surface area contributed by atoms with Crippen molar-refractivity contribution in [3.05, 3.63) is 64.1 Å². The molecule has 1 aliphatic heterocycles.